The molecular weight excluding hydrogens is 172 g/mol. The van der Waals surface area contributed by atoms with Gasteiger partial charge >= 0.3 is 0 Å². The zero-order valence-electron chi connectivity index (χ0n) is 6.58. The second kappa shape index (κ2) is 3.89. The molecular formula is C9H7ClN2. The molecule has 1 aromatic rings. The lowest BCUT2D eigenvalue weighted by atomic mass is 10.2. The molecule has 0 aliphatic carbocycles. The molecule has 0 amide bonds. The maximum absolute atomic E-state index is 8.52. The van der Waals surface area contributed by atoms with Gasteiger partial charge in [-0.3, -0.25) is 0 Å². The Morgan fingerprint density at radius 3 is 2.92 bits per heavy atom. The molecule has 60 valence electrons. The minimum absolute atomic E-state index is 0.268. The number of halogens is 1. The van der Waals surface area contributed by atoms with E-state index in [1.54, 1.807) is 12.3 Å². The lowest BCUT2D eigenvalue weighted by Crippen LogP contribution is -1.84. The molecule has 0 atom stereocenters. The van der Waals surface area contributed by atoms with Gasteiger partial charge in [0.1, 0.15) is 6.07 Å². The first-order valence-electron chi connectivity index (χ1n) is 3.46. The van der Waals surface area contributed by atoms with E-state index >= 15 is 0 Å². The molecule has 1 heterocycles. The van der Waals surface area contributed by atoms with E-state index in [9.17, 15) is 0 Å². The number of hydrogen-bond donors (Lipinski definition) is 0. The third kappa shape index (κ3) is 1.84. The number of nitriles is 1. The largest absolute Gasteiger partial charge is 0.243 e. The van der Waals surface area contributed by atoms with Crippen molar-refractivity contribution < 1.29 is 0 Å². The minimum atomic E-state index is 0.268. The fourth-order valence-electron chi connectivity index (χ4n) is 0.819. The van der Waals surface area contributed by atoms with Crippen LogP contribution >= 0.6 is 11.6 Å². The molecule has 1 rings (SSSR count). The number of rotatable bonds is 1. The van der Waals surface area contributed by atoms with Gasteiger partial charge in [0.05, 0.1) is 5.02 Å². The van der Waals surface area contributed by atoms with Crippen LogP contribution in [0, 0.1) is 11.3 Å². The van der Waals surface area contributed by atoms with Gasteiger partial charge in [0, 0.05) is 6.20 Å². The summed E-state index contributed by atoms with van der Waals surface area (Å²) < 4.78 is 0. The highest BCUT2D eigenvalue weighted by atomic mass is 35.5. The maximum atomic E-state index is 8.52. The SMILES string of the molecule is C/C=C/c1cnc(C#N)c(Cl)c1. The van der Waals surface area contributed by atoms with Crippen LogP contribution in [0.15, 0.2) is 18.3 Å². The van der Waals surface area contributed by atoms with Crippen molar-refractivity contribution in [3.63, 3.8) is 0 Å². The molecule has 0 bridgehead atoms. The predicted molar refractivity (Wildman–Crippen MR) is 48.7 cm³/mol. The standard InChI is InChI=1S/C9H7ClN2/c1-2-3-7-4-8(10)9(5-11)12-6-7/h2-4,6H,1H3/b3-2+. The summed E-state index contributed by atoms with van der Waals surface area (Å²) in [6.45, 7) is 1.91. The quantitative estimate of drug-likeness (QED) is 0.663. The molecule has 1 aromatic heterocycles. The van der Waals surface area contributed by atoms with Crippen LogP contribution in [0.1, 0.15) is 18.2 Å². The van der Waals surface area contributed by atoms with Crippen LogP contribution in [0.3, 0.4) is 0 Å². The average molecular weight is 179 g/mol. The maximum Gasteiger partial charge on any atom is 0.159 e. The number of nitrogens with zero attached hydrogens (tertiary/aromatic N) is 2. The smallest absolute Gasteiger partial charge is 0.159 e. The van der Waals surface area contributed by atoms with Crippen molar-refractivity contribution in [2.24, 2.45) is 0 Å². The van der Waals surface area contributed by atoms with Gasteiger partial charge in [-0.25, -0.2) is 4.98 Å². The van der Waals surface area contributed by atoms with Crippen molar-refractivity contribution in [3.05, 3.63) is 34.6 Å². The summed E-state index contributed by atoms with van der Waals surface area (Å²) in [6.07, 6.45) is 5.38. The van der Waals surface area contributed by atoms with E-state index in [-0.39, 0.29) is 5.69 Å². The number of pyridine rings is 1. The highest BCUT2D eigenvalue weighted by molar-refractivity contribution is 6.31. The Balaban J connectivity index is 3.12. The highest BCUT2D eigenvalue weighted by Crippen LogP contribution is 2.14. The van der Waals surface area contributed by atoms with Crippen molar-refractivity contribution in [1.82, 2.24) is 4.98 Å². The van der Waals surface area contributed by atoms with Crippen LogP contribution in [0.4, 0.5) is 0 Å². The van der Waals surface area contributed by atoms with E-state index in [0.717, 1.165) is 5.56 Å². The van der Waals surface area contributed by atoms with Crippen molar-refractivity contribution >= 4 is 17.7 Å². The lowest BCUT2D eigenvalue weighted by molar-refractivity contribution is 1.25. The molecule has 0 N–H and O–H groups in total. The van der Waals surface area contributed by atoms with Gasteiger partial charge in [-0.1, -0.05) is 23.8 Å². The molecule has 0 saturated heterocycles. The van der Waals surface area contributed by atoms with Crippen molar-refractivity contribution in [1.29, 1.82) is 5.26 Å². The molecule has 2 nitrogen and oxygen atoms in total. The Labute approximate surface area is 76.1 Å². The topological polar surface area (TPSA) is 36.7 Å². The van der Waals surface area contributed by atoms with Gasteiger partial charge in [0.25, 0.3) is 0 Å². The van der Waals surface area contributed by atoms with Crippen LogP contribution in [-0.2, 0) is 0 Å². The van der Waals surface area contributed by atoms with Gasteiger partial charge < -0.3 is 0 Å². The normalized spacial score (nSPS) is 10.1. The van der Waals surface area contributed by atoms with E-state index in [1.807, 2.05) is 25.1 Å². The summed E-state index contributed by atoms with van der Waals surface area (Å²) >= 11 is 5.75. The highest BCUT2D eigenvalue weighted by Gasteiger charge is 1.99. The van der Waals surface area contributed by atoms with Crippen LogP contribution in [0.5, 0.6) is 0 Å². The fourth-order valence-corrected chi connectivity index (χ4v) is 1.04. The monoisotopic (exact) mass is 178 g/mol. The zero-order chi connectivity index (χ0) is 8.97. The van der Waals surface area contributed by atoms with E-state index < -0.39 is 0 Å². The first kappa shape index (κ1) is 8.76. The summed E-state index contributed by atoms with van der Waals surface area (Å²) in [4.78, 5) is 3.87. The van der Waals surface area contributed by atoms with Gasteiger partial charge in [0.15, 0.2) is 5.69 Å². The Bertz CT molecular complexity index is 350. The number of aromatic nitrogens is 1. The van der Waals surface area contributed by atoms with E-state index in [4.69, 9.17) is 16.9 Å². The summed E-state index contributed by atoms with van der Waals surface area (Å²) in [7, 11) is 0. The van der Waals surface area contributed by atoms with Crippen LogP contribution in [0.2, 0.25) is 5.02 Å². The first-order valence-corrected chi connectivity index (χ1v) is 3.84. The van der Waals surface area contributed by atoms with E-state index in [1.165, 1.54) is 0 Å². The summed E-state index contributed by atoms with van der Waals surface area (Å²) in [6, 6.07) is 3.61. The Morgan fingerprint density at radius 2 is 2.42 bits per heavy atom. The second-order valence-electron chi connectivity index (χ2n) is 2.21. The Morgan fingerprint density at radius 1 is 1.67 bits per heavy atom. The first-order chi connectivity index (χ1) is 5.77. The van der Waals surface area contributed by atoms with Gasteiger partial charge in [-0.2, -0.15) is 5.26 Å². The molecule has 0 spiro atoms. The van der Waals surface area contributed by atoms with Crippen molar-refractivity contribution in [2.45, 2.75) is 6.92 Å². The number of hydrogen-bond acceptors (Lipinski definition) is 2. The second-order valence-corrected chi connectivity index (χ2v) is 2.62. The Hall–Kier alpha value is -1.33. The zero-order valence-corrected chi connectivity index (χ0v) is 7.34. The average Bonchev–Trinajstić information content (AvgIpc) is 2.05. The lowest BCUT2D eigenvalue weighted by Gasteiger charge is -1.95. The molecule has 12 heavy (non-hydrogen) atoms. The van der Waals surface area contributed by atoms with Gasteiger partial charge in [0.2, 0.25) is 0 Å². The third-order valence-electron chi connectivity index (χ3n) is 1.33. The summed E-state index contributed by atoms with van der Waals surface area (Å²) in [5.74, 6) is 0. The van der Waals surface area contributed by atoms with Gasteiger partial charge in [-0.15, -0.1) is 0 Å². The molecule has 0 fully saturated rings. The predicted octanol–water partition coefficient (Wildman–Crippen LogP) is 2.64. The summed E-state index contributed by atoms with van der Waals surface area (Å²) in [5, 5.41) is 8.92. The third-order valence-corrected chi connectivity index (χ3v) is 1.62. The van der Waals surface area contributed by atoms with Crippen LogP contribution in [0.25, 0.3) is 6.08 Å². The van der Waals surface area contributed by atoms with E-state index in [0.29, 0.717) is 5.02 Å². The van der Waals surface area contributed by atoms with Crippen LogP contribution in [-0.4, -0.2) is 4.98 Å². The minimum Gasteiger partial charge on any atom is -0.243 e. The van der Waals surface area contributed by atoms with Crippen molar-refractivity contribution in [2.75, 3.05) is 0 Å². The van der Waals surface area contributed by atoms with Gasteiger partial charge in [-0.05, 0) is 18.6 Å². The number of allylic oxidation sites excluding steroid dienone is 1. The van der Waals surface area contributed by atoms with E-state index in [2.05, 4.69) is 4.98 Å². The fraction of sp³-hybridized carbons (Fsp3) is 0.111. The van der Waals surface area contributed by atoms with Crippen LogP contribution < -0.4 is 0 Å². The molecule has 0 aliphatic rings. The molecule has 0 radical (unpaired) electrons. The molecule has 0 aromatic carbocycles. The molecule has 0 saturated carbocycles. The Kier molecular flexibility index (Phi) is 2.84. The summed E-state index contributed by atoms with van der Waals surface area (Å²) in [5.41, 5.74) is 1.17. The molecule has 0 aliphatic heterocycles. The molecule has 3 heteroatoms. The molecule has 0 unspecified atom stereocenters. The van der Waals surface area contributed by atoms with Crippen molar-refractivity contribution in [3.8, 4) is 6.07 Å².